The van der Waals surface area contributed by atoms with Crippen molar-refractivity contribution in [1.82, 2.24) is 14.7 Å². The second-order valence-electron chi connectivity index (χ2n) is 5.99. The average Bonchev–Trinajstić information content (AvgIpc) is 2.96. The molecule has 2 heterocycles. The van der Waals surface area contributed by atoms with Crippen LogP contribution in [0, 0.1) is 0 Å². The number of nitrogen functional groups attached to an aromatic ring is 1. The van der Waals surface area contributed by atoms with Gasteiger partial charge in [-0.3, -0.25) is 0 Å². The highest BCUT2D eigenvalue weighted by Gasteiger charge is 2.25. The van der Waals surface area contributed by atoms with Crippen LogP contribution in [0.3, 0.4) is 0 Å². The second-order valence-corrected chi connectivity index (χ2v) is 5.99. The van der Waals surface area contributed by atoms with Crippen LogP contribution in [0.15, 0.2) is 24.3 Å². The summed E-state index contributed by atoms with van der Waals surface area (Å²) in [7, 11) is 1.69. The van der Waals surface area contributed by atoms with Crippen molar-refractivity contribution in [3.05, 3.63) is 30.1 Å². The Bertz CT molecular complexity index is 833. The molecule has 1 saturated carbocycles. The van der Waals surface area contributed by atoms with E-state index in [-0.39, 0.29) is 0 Å². The minimum absolute atomic E-state index is 0.444. The minimum atomic E-state index is 0.444. The van der Waals surface area contributed by atoms with Crippen molar-refractivity contribution in [2.45, 2.75) is 38.0 Å². The molecule has 1 aliphatic rings. The molecule has 0 amide bonds. The average molecular weight is 296 g/mol. The van der Waals surface area contributed by atoms with E-state index in [1.54, 1.807) is 7.11 Å². The molecular weight excluding hydrogens is 276 g/mol. The molecule has 1 aromatic carbocycles. The van der Waals surface area contributed by atoms with Crippen molar-refractivity contribution in [2.24, 2.45) is 0 Å². The number of aromatic nitrogens is 3. The van der Waals surface area contributed by atoms with Gasteiger partial charge in [0, 0.05) is 11.3 Å². The molecule has 0 atom stereocenters. The summed E-state index contributed by atoms with van der Waals surface area (Å²) in [5.74, 6) is 1.91. The number of nitrogens with zero attached hydrogens (tertiary/aromatic N) is 3. The first-order valence-corrected chi connectivity index (χ1v) is 7.90. The Morgan fingerprint density at radius 3 is 2.68 bits per heavy atom. The second kappa shape index (κ2) is 5.16. The lowest BCUT2D eigenvalue weighted by Gasteiger charge is -2.21. The van der Waals surface area contributed by atoms with Crippen LogP contribution in [0.4, 0.5) is 5.82 Å². The topological polar surface area (TPSA) is 66.0 Å². The summed E-state index contributed by atoms with van der Waals surface area (Å²) in [6.07, 6.45) is 6.16. The summed E-state index contributed by atoms with van der Waals surface area (Å²) in [6.45, 7) is 0. The number of anilines is 1. The Morgan fingerprint density at radius 1 is 1.14 bits per heavy atom. The van der Waals surface area contributed by atoms with Crippen LogP contribution < -0.4 is 10.6 Å². The van der Waals surface area contributed by atoms with Gasteiger partial charge in [-0.2, -0.15) is 4.73 Å². The van der Waals surface area contributed by atoms with Crippen LogP contribution in [0.2, 0.25) is 0 Å². The Kier molecular flexibility index (Phi) is 3.13. The summed E-state index contributed by atoms with van der Waals surface area (Å²) >= 11 is 0. The van der Waals surface area contributed by atoms with Crippen LogP contribution in [-0.2, 0) is 0 Å². The van der Waals surface area contributed by atoms with Gasteiger partial charge < -0.3 is 10.6 Å². The lowest BCUT2D eigenvalue weighted by atomic mass is 9.89. The number of para-hydroxylation sites is 1. The zero-order chi connectivity index (χ0) is 15.1. The van der Waals surface area contributed by atoms with Gasteiger partial charge in [-0.25, -0.2) is 9.97 Å². The molecule has 114 valence electrons. The van der Waals surface area contributed by atoms with Crippen LogP contribution in [0.1, 0.15) is 43.8 Å². The van der Waals surface area contributed by atoms with E-state index in [1.807, 2.05) is 29.0 Å². The van der Waals surface area contributed by atoms with Crippen molar-refractivity contribution in [1.29, 1.82) is 0 Å². The van der Waals surface area contributed by atoms with Gasteiger partial charge in [0.15, 0.2) is 5.82 Å². The van der Waals surface area contributed by atoms with Crippen LogP contribution in [0.5, 0.6) is 0 Å². The molecule has 5 nitrogen and oxygen atoms in total. The van der Waals surface area contributed by atoms with Gasteiger partial charge in [0.25, 0.3) is 0 Å². The van der Waals surface area contributed by atoms with Gasteiger partial charge >= 0.3 is 0 Å². The monoisotopic (exact) mass is 296 g/mol. The molecule has 0 spiro atoms. The van der Waals surface area contributed by atoms with Crippen LogP contribution in [0.25, 0.3) is 21.9 Å². The number of imidazole rings is 1. The van der Waals surface area contributed by atoms with Crippen molar-refractivity contribution in [3.63, 3.8) is 0 Å². The SMILES string of the molecule is COn1c(C2CCCCC2)nc2c(N)nc3ccccc3c21. The van der Waals surface area contributed by atoms with E-state index in [9.17, 15) is 0 Å². The van der Waals surface area contributed by atoms with Gasteiger partial charge in [-0.05, 0) is 18.9 Å². The van der Waals surface area contributed by atoms with Gasteiger partial charge in [0.1, 0.15) is 24.0 Å². The summed E-state index contributed by atoms with van der Waals surface area (Å²) in [5.41, 5.74) is 8.71. The first kappa shape index (κ1) is 13.4. The molecule has 22 heavy (non-hydrogen) atoms. The normalized spacial score (nSPS) is 16.4. The van der Waals surface area contributed by atoms with Crippen molar-refractivity contribution >= 4 is 27.8 Å². The molecule has 3 aromatic rings. The first-order chi connectivity index (χ1) is 10.8. The van der Waals surface area contributed by atoms with Crippen molar-refractivity contribution < 1.29 is 4.84 Å². The highest BCUT2D eigenvalue weighted by molar-refractivity contribution is 6.06. The highest BCUT2D eigenvalue weighted by Crippen LogP contribution is 2.36. The maximum Gasteiger partial charge on any atom is 0.152 e. The van der Waals surface area contributed by atoms with Crippen LogP contribution in [-0.4, -0.2) is 21.8 Å². The number of hydrogen-bond acceptors (Lipinski definition) is 4. The molecule has 5 heteroatoms. The summed E-state index contributed by atoms with van der Waals surface area (Å²) in [6, 6.07) is 7.99. The molecule has 0 bridgehead atoms. The molecule has 1 aliphatic carbocycles. The van der Waals surface area contributed by atoms with Gasteiger partial charge in [0.2, 0.25) is 0 Å². The highest BCUT2D eigenvalue weighted by atomic mass is 16.6. The summed E-state index contributed by atoms with van der Waals surface area (Å²) < 4.78 is 1.87. The van der Waals surface area contributed by atoms with E-state index >= 15 is 0 Å². The number of nitrogens with two attached hydrogens (primary N) is 1. The fraction of sp³-hybridized carbons (Fsp3) is 0.412. The fourth-order valence-corrected chi connectivity index (χ4v) is 3.60. The first-order valence-electron chi connectivity index (χ1n) is 7.90. The Hall–Kier alpha value is -2.30. The molecule has 2 N–H and O–H groups in total. The van der Waals surface area contributed by atoms with Crippen molar-refractivity contribution in [2.75, 3.05) is 12.8 Å². The fourth-order valence-electron chi connectivity index (χ4n) is 3.60. The predicted molar refractivity (Wildman–Crippen MR) is 87.8 cm³/mol. The third kappa shape index (κ3) is 1.92. The maximum absolute atomic E-state index is 6.15. The largest absolute Gasteiger partial charge is 0.415 e. The Morgan fingerprint density at radius 2 is 1.91 bits per heavy atom. The Balaban J connectivity index is 2.03. The Labute approximate surface area is 129 Å². The quantitative estimate of drug-likeness (QED) is 0.788. The zero-order valence-corrected chi connectivity index (χ0v) is 12.7. The van der Waals surface area contributed by atoms with Gasteiger partial charge in [0.05, 0.1) is 5.52 Å². The molecular formula is C17H20N4O. The summed E-state index contributed by atoms with van der Waals surface area (Å²) in [4.78, 5) is 15.0. The van der Waals surface area contributed by atoms with Gasteiger partial charge in [-0.15, -0.1) is 0 Å². The lowest BCUT2D eigenvalue weighted by Crippen LogP contribution is -2.16. The van der Waals surface area contributed by atoms with E-state index in [0.29, 0.717) is 11.7 Å². The molecule has 0 saturated heterocycles. The molecule has 0 radical (unpaired) electrons. The van der Waals surface area contributed by atoms with E-state index in [4.69, 9.17) is 15.6 Å². The molecule has 1 fully saturated rings. The third-order valence-corrected chi connectivity index (χ3v) is 4.66. The van der Waals surface area contributed by atoms with Crippen LogP contribution >= 0.6 is 0 Å². The van der Waals surface area contributed by atoms with E-state index in [0.717, 1.165) is 40.6 Å². The van der Waals surface area contributed by atoms with Crippen molar-refractivity contribution in [3.8, 4) is 0 Å². The maximum atomic E-state index is 6.15. The summed E-state index contributed by atoms with van der Waals surface area (Å²) in [5, 5.41) is 1.03. The number of pyridine rings is 1. The minimum Gasteiger partial charge on any atom is -0.415 e. The van der Waals surface area contributed by atoms with Gasteiger partial charge in [-0.1, -0.05) is 37.5 Å². The predicted octanol–water partition coefficient (Wildman–Crippen LogP) is 3.27. The van der Waals surface area contributed by atoms with E-state index in [2.05, 4.69) is 4.98 Å². The molecule has 0 unspecified atom stereocenters. The molecule has 0 aliphatic heterocycles. The zero-order valence-electron chi connectivity index (χ0n) is 12.7. The number of rotatable bonds is 2. The third-order valence-electron chi connectivity index (χ3n) is 4.66. The molecule has 4 rings (SSSR count). The number of hydrogen-bond donors (Lipinski definition) is 1. The standard InChI is InChI=1S/C17H20N4O/c1-22-21-15-12-9-5-6-10-13(12)19-16(18)14(15)20-17(21)11-7-3-2-4-8-11/h5-6,9-11H,2-4,7-8H2,1H3,(H2,18,19). The number of fused-ring (bicyclic) bond motifs is 3. The number of benzene rings is 1. The van der Waals surface area contributed by atoms with E-state index in [1.165, 1.54) is 19.3 Å². The van der Waals surface area contributed by atoms with E-state index < -0.39 is 0 Å². The smallest absolute Gasteiger partial charge is 0.152 e. The molecule has 2 aromatic heterocycles. The lowest BCUT2D eigenvalue weighted by molar-refractivity contribution is 0.161.